The third kappa shape index (κ3) is 44.7. The number of aliphatic hydroxyl groups is 1. The summed E-state index contributed by atoms with van der Waals surface area (Å²) in [5, 5.41) is 8.61. The van der Waals surface area contributed by atoms with E-state index < -0.39 is 10.2 Å². The van der Waals surface area contributed by atoms with Crippen molar-refractivity contribution in [1.82, 2.24) is 0 Å². The van der Waals surface area contributed by atoms with E-state index in [1.165, 1.54) is 51.4 Å². The van der Waals surface area contributed by atoms with Crippen LogP contribution in [0.3, 0.4) is 0 Å². The molecule has 0 saturated heterocycles. The molecule has 0 heterocycles. The zero-order valence-electron chi connectivity index (χ0n) is 18.3. The van der Waals surface area contributed by atoms with Gasteiger partial charge >= 0.3 is 0 Å². The number of hydrogen-bond donors (Lipinski definition) is 2. The molecule has 0 aliphatic rings. The summed E-state index contributed by atoms with van der Waals surface area (Å²) in [6.07, 6.45) is 13.3. The Balaban J connectivity index is -0.000000381. The maximum absolute atomic E-state index is 10.4. The number of nitrogens with two attached hydrogens (primary N) is 1. The Bertz CT molecular complexity index is 325. The summed E-state index contributed by atoms with van der Waals surface area (Å²) in [6, 6.07) is 0. The Morgan fingerprint density at radius 1 is 0.821 bits per heavy atom. The number of aliphatic hydroxyl groups excluding tert-OH is 1. The van der Waals surface area contributed by atoms with E-state index in [1.54, 1.807) is 0 Å². The monoisotopic (exact) mass is 430 g/mol. The van der Waals surface area contributed by atoms with Crippen molar-refractivity contribution < 1.29 is 43.3 Å². The summed E-state index contributed by atoms with van der Waals surface area (Å²) in [7, 11) is -0.667. The van der Waals surface area contributed by atoms with E-state index in [-0.39, 0.29) is 5.91 Å². The number of unbranched alkanes of at least 4 members (excludes halogenated alkanes) is 8. The fourth-order valence-corrected chi connectivity index (χ4v) is 2.60. The standard InChI is InChI=1S/C12H25NO.C7H18NO.ClHO4/c1-2-3-4-5-6-7-8-9-10-11-12(13)14;1-4-5-8(2,3)6-7-9;2-1(3,4)5/h2-11H2,1H3,(H2,13,14);9H,4-7H2,1-3H3;(H,2,3,4,5)/q;+1;/p-1. The maximum Gasteiger partial charge on any atom is 0.217 e. The van der Waals surface area contributed by atoms with Crippen LogP contribution >= 0.6 is 0 Å². The lowest BCUT2D eigenvalue weighted by Gasteiger charge is -2.28. The zero-order chi connectivity index (χ0) is 22.5. The molecule has 8 nitrogen and oxygen atoms in total. The molecule has 0 rings (SSSR count). The molecule has 0 saturated carbocycles. The molecule has 0 aromatic carbocycles. The lowest BCUT2D eigenvalue weighted by Crippen LogP contribution is -2.68. The molecule has 0 aromatic rings. The Labute approximate surface area is 173 Å². The fourth-order valence-electron chi connectivity index (χ4n) is 2.60. The molecular weight excluding hydrogens is 388 g/mol. The minimum absolute atomic E-state index is 0.159. The number of likely N-dealkylation sites (N-methyl/N-ethyl adjacent to an activating group) is 1. The highest BCUT2D eigenvalue weighted by Gasteiger charge is 2.10. The average molecular weight is 431 g/mol. The van der Waals surface area contributed by atoms with Crippen LogP contribution in [0, 0.1) is 10.2 Å². The van der Waals surface area contributed by atoms with E-state index in [0.29, 0.717) is 13.0 Å². The van der Waals surface area contributed by atoms with Gasteiger partial charge < -0.3 is 15.3 Å². The number of nitrogens with zero attached hydrogens (tertiary/aromatic N) is 1. The SMILES string of the molecule is CCCCCCCCCCCC(N)=O.CCC[N+](C)(C)CCO.[O-][Cl+3]([O-])([O-])[O-]. The second-order valence-corrected chi connectivity index (χ2v) is 8.29. The molecule has 0 fully saturated rings. The molecule has 0 spiro atoms. The number of carbonyl (C=O) groups is 1. The van der Waals surface area contributed by atoms with Crippen molar-refractivity contribution in [2.75, 3.05) is 33.8 Å². The van der Waals surface area contributed by atoms with Gasteiger partial charge in [-0.1, -0.05) is 65.2 Å². The summed E-state index contributed by atoms with van der Waals surface area (Å²) in [5.74, 6) is -0.159. The molecule has 1 amide bonds. The van der Waals surface area contributed by atoms with Crippen molar-refractivity contribution in [2.24, 2.45) is 5.73 Å². The first-order chi connectivity index (χ1) is 12.9. The predicted molar refractivity (Wildman–Crippen MR) is 100 cm³/mol. The second kappa shape index (κ2) is 21.2. The molecule has 3 N–H and O–H groups in total. The Morgan fingerprint density at radius 3 is 1.54 bits per heavy atom. The highest BCUT2D eigenvalue weighted by molar-refractivity contribution is 5.73. The van der Waals surface area contributed by atoms with Gasteiger partial charge in [0.2, 0.25) is 5.91 Å². The maximum atomic E-state index is 10.4. The van der Waals surface area contributed by atoms with Gasteiger partial charge in [0.1, 0.15) is 6.54 Å². The van der Waals surface area contributed by atoms with Gasteiger partial charge in [-0.25, -0.2) is 18.6 Å². The largest absolute Gasteiger partial charge is 0.391 e. The van der Waals surface area contributed by atoms with Gasteiger partial charge in [0.05, 0.1) is 27.2 Å². The van der Waals surface area contributed by atoms with Gasteiger partial charge in [-0.15, -0.1) is 10.2 Å². The number of halogens is 1. The van der Waals surface area contributed by atoms with Crippen molar-refractivity contribution in [1.29, 1.82) is 0 Å². The van der Waals surface area contributed by atoms with Crippen molar-refractivity contribution in [3.63, 3.8) is 0 Å². The second-order valence-electron chi connectivity index (χ2n) is 7.53. The number of hydrogen-bond acceptors (Lipinski definition) is 6. The van der Waals surface area contributed by atoms with Crippen LogP contribution in [-0.2, 0) is 4.79 Å². The first-order valence-electron chi connectivity index (χ1n) is 10.2. The van der Waals surface area contributed by atoms with Gasteiger partial charge in [-0.3, -0.25) is 4.79 Å². The van der Waals surface area contributed by atoms with E-state index in [9.17, 15) is 4.79 Å². The molecule has 0 atom stereocenters. The Hall–Kier alpha value is -0.480. The highest BCUT2D eigenvalue weighted by Crippen LogP contribution is 2.10. The van der Waals surface area contributed by atoms with Crippen LogP contribution in [-0.4, -0.2) is 49.3 Å². The third-order valence-electron chi connectivity index (χ3n) is 4.06. The molecule has 172 valence electrons. The van der Waals surface area contributed by atoms with Gasteiger partial charge in [0.25, 0.3) is 0 Å². The normalized spacial score (nSPS) is 11.2. The van der Waals surface area contributed by atoms with Crippen molar-refractivity contribution >= 4 is 5.91 Å². The van der Waals surface area contributed by atoms with E-state index in [4.69, 9.17) is 29.5 Å². The van der Waals surface area contributed by atoms with Crippen LogP contribution in [0.25, 0.3) is 0 Å². The molecule has 0 bridgehead atoms. The van der Waals surface area contributed by atoms with E-state index in [2.05, 4.69) is 27.9 Å². The van der Waals surface area contributed by atoms with Crippen molar-refractivity contribution in [2.45, 2.75) is 84.5 Å². The van der Waals surface area contributed by atoms with Crippen LogP contribution in [0.4, 0.5) is 0 Å². The summed E-state index contributed by atoms with van der Waals surface area (Å²) in [4.78, 5) is 10.4. The number of primary amides is 1. The lowest BCUT2D eigenvalue weighted by molar-refractivity contribution is -2.00. The first-order valence-corrected chi connectivity index (χ1v) is 11.5. The summed E-state index contributed by atoms with van der Waals surface area (Å²) < 4.78 is 34.9. The molecule has 0 radical (unpaired) electrons. The Morgan fingerprint density at radius 2 is 1.21 bits per heavy atom. The lowest BCUT2D eigenvalue weighted by atomic mass is 10.1. The van der Waals surface area contributed by atoms with Crippen LogP contribution < -0.4 is 24.4 Å². The minimum Gasteiger partial charge on any atom is -0.391 e. The van der Waals surface area contributed by atoms with Crippen LogP contribution in [0.15, 0.2) is 0 Å². The molecule has 9 heteroatoms. The topological polar surface area (TPSA) is 156 Å². The van der Waals surface area contributed by atoms with Crippen molar-refractivity contribution in [3.8, 4) is 0 Å². The molecule has 28 heavy (non-hydrogen) atoms. The number of carbonyl (C=O) groups excluding carboxylic acids is 1. The van der Waals surface area contributed by atoms with Gasteiger partial charge in [0, 0.05) is 6.42 Å². The number of quaternary nitrogens is 1. The van der Waals surface area contributed by atoms with Crippen LogP contribution in [0.2, 0.25) is 0 Å². The van der Waals surface area contributed by atoms with E-state index >= 15 is 0 Å². The van der Waals surface area contributed by atoms with E-state index in [0.717, 1.165) is 30.4 Å². The Kier molecular flexibility index (Phi) is 24.4. The first kappa shape index (κ1) is 32.2. The molecule has 0 aliphatic carbocycles. The molecule has 0 aromatic heterocycles. The molecule has 0 aliphatic heterocycles. The van der Waals surface area contributed by atoms with Crippen LogP contribution in [0.1, 0.15) is 84.5 Å². The van der Waals surface area contributed by atoms with Crippen LogP contribution in [0.5, 0.6) is 0 Å². The van der Waals surface area contributed by atoms with Gasteiger partial charge in [-0.2, -0.15) is 0 Å². The quantitative estimate of drug-likeness (QED) is 0.268. The van der Waals surface area contributed by atoms with Gasteiger partial charge in [0.15, 0.2) is 0 Å². The average Bonchev–Trinajstić information content (AvgIpc) is 2.52. The van der Waals surface area contributed by atoms with E-state index in [1.807, 2.05) is 0 Å². The summed E-state index contributed by atoms with van der Waals surface area (Å²) >= 11 is 0. The summed E-state index contributed by atoms with van der Waals surface area (Å²) in [6.45, 7) is 6.72. The predicted octanol–water partition coefficient (Wildman–Crippen LogP) is -0.898. The highest BCUT2D eigenvalue weighted by atomic mass is 35.7. The smallest absolute Gasteiger partial charge is 0.217 e. The van der Waals surface area contributed by atoms with Gasteiger partial charge in [-0.05, 0) is 12.8 Å². The summed E-state index contributed by atoms with van der Waals surface area (Å²) in [5.41, 5.74) is 5.05. The number of rotatable bonds is 14. The fraction of sp³-hybridized carbons (Fsp3) is 0.947. The zero-order valence-corrected chi connectivity index (χ0v) is 19.0. The minimum atomic E-state index is -4.94. The third-order valence-corrected chi connectivity index (χ3v) is 4.06. The number of amides is 1. The molecule has 0 unspecified atom stereocenters. The molecular formula is C19H43ClN2O6. The van der Waals surface area contributed by atoms with Crippen molar-refractivity contribution in [3.05, 3.63) is 0 Å².